The van der Waals surface area contributed by atoms with Crippen molar-refractivity contribution in [3.8, 4) is 11.5 Å². The zero-order valence-electron chi connectivity index (χ0n) is 17.8. The highest BCUT2D eigenvalue weighted by atomic mass is 35.5. The summed E-state index contributed by atoms with van der Waals surface area (Å²) in [5, 5.41) is 15.0. The average Bonchev–Trinajstić information content (AvgIpc) is 3.22. The number of ketones is 1. The number of carbonyl (C=O) groups excluding carboxylic acids is 2. The molecule has 0 radical (unpaired) electrons. The minimum absolute atomic E-state index is 0.0821. The number of nitrogens with one attached hydrogen (secondary N) is 1. The molecule has 2 aromatic carbocycles. The molecule has 3 aromatic rings. The van der Waals surface area contributed by atoms with Crippen molar-refractivity contribution in [1.82, 2.24) is 10.2 Å². The van der Waals surface area contributed by atoms with Gasteiger partial charge >= 0.3 is 0 Å². The maximum atomic E-state index is 12.8. The number of ether oxygens (including phenoxy) is 2. The Balaban J connectivity index is 1.35. The van der Waals surface area contributed by atoms with Crippen molar-refractivity contribution in [3.63, 3.8) is 0 Å². The highest BCUT2D eigenvalue weighted by molar-refractivity contribution is 6.42. The van der Waals surface area contributed by atoms with Gasteiger partial charge in [0.25, 0.3) is 11.7 Å². The molecular formula is C24H23ClN2O6. The number of furan rings is 1. The first-order valence-corrected chi connectivity index (χ1v) is 11.2. The van der Waals surface area contributed by atoms with Crippen molar-refractivity contribution in [1.29, 1.82) is 0 Å². The third-order valence-corrected chi connectivity index (χ3v) is 6.15. The minimum Gasteiger partial charge on any atom is -0.486 e. The van der Waals surface area contributed by atoms with E-state index in [2.05, 4.69) is 10.2 Å². The van der Waals surface area contributed by atoms with Gasteiger partial charge in [0.05, 0.1) is 6.04 Å². The molecule has 0 saturated carbocycles. The van der Waals surface area contributed by atoms with E-state index in [4.69, 9.17) is 25.5 Å². The van der Waals surface area contributed by atoms with E-state index in [1.54, 1.807) is 36.4 Å². The molecule has 2 atom stereocenters. The Bertz CT molecular complexity index is 1200. The number of benzene rings is 2. The van der Waals surface area contributed by atoms with Crippen molar-refractivity contribution in [2.45, 2.75) is 18.6 Å². The molecule has 2 aliphatic rings. The largest absolute Gasteiger partial charge is 0.486 e. The Morgan fingerprint density at radius 2 is 1.85 bits per heavy atom. The van der Waals surface area contributed by atoms with Crippen LogP contribution in [0.5, 0.6) is 11.5 Å². The van der Waals surface area contributed by atoms with Crippen LogP contribution in [-0.4, -0.2) is 60.6 Å². The lowest BCUT2D eigenvalue weighted by Gasteiger charge is -2.36. The van der Waals surface area contributed by atoms with Crippen LogP contribution >= 0.6 is 11.6 Å². The van der Waals surface area contributed by atoms with Crippen molar-refractivity contribution >= 4 is 34.3 Å². The van der Waals surface area contributed by atoms with Gasteiger partial charge in [-0.1, -0.05) is 17.7 Å². The molecule has 2 unspecified atom stereocenters. The third-order valence-electron chi connectivity index (χ3n) is 5.92. The van der Waals surface area contributed by atoms with Gasteiger partial charge < -0.3 is 29.2 Å². The zero-order valence-corrected chi connectivity index (χ0v) is 18.5. The van der Waals surface area contributed by atoms with Gasteiger partial charge in [-0.25, -0.2) is 0 Å². The number of likely N-dealkylation sites (tertiary alicyclic amines) is 1. The first-order valence-electron chi connectivity index (χ1n) is 10.8. The molecule has 0 aliphatic carbocycles. The summed E-state index contributed by atoms with van der Waals surface area (Å²) in [4.78, 5) is 27.7. The Morgan fingerprint density at radius 3 is 2.61 bits per heavy atom. The van der Waals surface area contributed by atoms with Gasteiger partial charge in [-0.15, -0.1) is 0 Å². The number of fused-ring (bicyclic) bond motifs is 2. The summed E-state index contributed by atoms with van der Waals surface area (Å²) in [6, 6.07) is 10.9. The van der Waals surface area contributed by atoms with E-state index < -0.39 is 23.8 Å². The molecule has 1 saturated heterocycles. The molecule has 1 fully saturated rings. The van der Waals surface area contributed by atoms with Crippen molar-refractivity contribution in [2.24, 2.45) is 0 Å². The molecule has 2 aliphatic heterocycles. The number of Topliss-reactive ketones (excluding diaryl/α,β-unsaturated/α-hetero) is 1. The minimum atomic E-state index is -1.05. The van der Waals surface area contributed by atoms with Crippen LogP contribution in [0.1, 0.15) is 28.6 Å². The molecular weight excluding hydrogens is 448 g/mol. The lowest BCUT2D eigenvalue weighted by Crippen LogP contribution is -2.52. The van der Waals surface area contributed by atoms with Crippen LogP contribution in [0.4, 0.5) is 0 Å². The third kappa shape index (κ3) is 4.55. The van der Waals surface area contributed by atoms with Gasteiger partial charge in [0.2, 0.25) is 0 Å². The molecule has 172 valence electrons. The first kappa shape index (κ1) is 21.8. The van der Waals surface area contributed by atoms with E-state index >= 15 is 0 Å². The number of carbonyl (C=O) groups is 2. The van der Waals surface area contributed by atoms with E-state index in [-0.39, 0.29) is 5.76 Å². The van der Waals surface area contributed by atoms with Gasteiger partial charge in [0.15, 0.2) is 17.3 Å². The van der Waals surface area contributed by atoms with Crippen molar-refractivity contribution < 1.29 is 28.6 Å². The van der Waals surface area contributed by atoms with Crippen LogP contribution in [0, 0.1) is 0 Å². The highest BCUT2D eigenvalue weighted by Crippen LogP contribution is 2.33. The predicted octanol–water partition coefficient (Wildman–Crippen LogP) is 2.96. The molecule has 5 rings (SSSR count). The fraction of sp³-hybridized carbons (Fsp3) is 0.333. The van der Waals surface area contributed by atoms with Crippen LogP contribution in [-0.2, 0) is 4.79 Å². The van der Waals surface area contributed by atoms with Crippen LogP contribution in [0.2, 0.25) is 5.02 Å². The lowest BCUT2D eigenvalue weighted by molar-refractivity contribution is -0.119. The summed E-state index contributed by atoms with van der Waals surface area (Å²) in [5.74, 6) is -0.585. The molecule has 1 aromatic heterocycles. The quantitative estimate of drug-likeness (QED) is 0.404. The first-order chi connectivity index (χ1) is 16.0. The van der Waals surface area contributed by atoms with Crippen molar-refractivity contribution in [2.75, 3.05) is 32.8 Å². The second-order valence-corrected chi connectivity index (χ2v) is 8.64. The number of halogens is 1. The summed E-state index contributed by atoms with van der Waals surface area (Å²) >= 11 is 5.99. The topological polar surface area (TPSA) is 101 Å². The Kier molecular flexibility index (Phi) is 5.97. The fourth-order valence-corrected chi connectivity index (χ4v) is 4.20. The maximum absolute atomic E-state index is 12.8. The van der Waals surface area contributed by atoms with Crippen molar-refractivity contribution in [3.05, 3.63) is 58.8 Å². The number of hydrogen-bond acceptors (Lipinski definition) is 7. The second-order valence-electron chi connectivity index (χ2n) is 8.20. The number of nitrogens with zero attached hydrogens (tertiary/aromatic N) is 1. The Morgan fingerprint density at radius 1 is 1.06 bits per heavy atom. The number of hydrogen-bond donors (Lipinski definition) is 2. The molecule has 9 heteroatoms. The molecule has 3 heterocycles. The fourth-order valence-electron chi connectivity index (χ4n) is 4.02. The number of amides is 1. The molecule has 0 bridgehead atoms. The van der Waals surface area contributed by atoms with Crippen LogP contribution in [0.25, 0.3) is 11.0 Å². The van der Waals surface area contributed by atoms with Gasteiger partial charge in [-0.2, -0.15) is 0 Å². The lowest BCUT2D eigenvalue weighted by atomic mass is 9.99. The van der Waals surface area contributed by atoms with Crippen LogP contribution in [0.3, 0.4) is 0 Å². The Hall–Kier alpha value is -3.07. The standard InChI is InChI=1S/C24H23ClN2O6/c25-16-3-5-18-15(10-16)12-21(33-18)23(29)24(30)26-17(13-27-6-1-7-27)22(28)14-2-4-19-20(11-14)32-9-8-31-19/h2-5,10-12,17,22,28H,1,6-9,13H2,(H,26,30). The molecule has 2 N–H and O–H groups in total. The number of rotatable bonds is 7. The van der Waals surface area contributed by atoms with Crippen LogP contribution < -0.4 is 14.8 Å². The highest BCUT2D eigenvalue weighted by Gasteiger charge is 2.31. The molecule has 0 spiro atoms. The summed E-state index contributed by atoms with van der Waals surface area (Å²) < 4.78 is 16.7. The van der Waals surface area contributed by atoms with E-state index in [0.717, 1.165) is 19.5 Å². The molecule has 8 nitrogen and oxygen atoms in total. The normalized spacial score (nSPS) is 17.3. The van der Waals surface area contributed by atoms with Gasteiger partial charge in [-0.3, -0.25) is 9.59 Å². The SMILES string of the molecule is O=C(NC(CN1CCC1)C(O)c1ccc2c(c1)OCCO2)C(=O)c1cc2cc(Cl)ccc2o1. The summed E-state index contributed by atoms with van der Waals surface area (Å²) in [5.41, 5.74) is 1.03. The van der Waals surface area contributed by atoms with Crippen LogP contribution in [0.15, 0.2) is 46.9 Å². The summed E-state index contributed by atoms with van der Waals surface area (Å²) in [6.45, 7) is 3.05. The second kappa shape index (κ2) is 9.05. The maximum Gasteiger partial charge on any atom is 0.296 e. The average molecular weight is 471 g/mol. The monoisotopic (exact) mass is 470 g/mol. The molecule has 33 heavy (non-hydrogen) atoms. The van der Waals surface area contributed by atoms with Gasteiger partial charge in [0, 0.05) is 17.0 Å². The predicted molar refractivity (Wildman–Crippen MR) is 121 cm³/mol. The summed E-state index contributed by atoms with van der Waals surface area (Å²) in [6.07, 6.45) is 0.00834. The number of aliphatic hydroxyl groups is 1. The zero-order chi connectivity index (χ0) is 22.9. The van der Waals surface area contributed by atoms with E-state index in [1.807, 2.05) is 0 Å². The van der Waals surface area contributed by atoms with Gasteiger partial charge in [0.1, 0.15) is 24.9 Å². The van der Waals surface area contributed by atoms with E-state index in [9.17, 15) is 14.7 Å². The van der Waals surface area contributed by atoms with E-state index in [0.29, 0.717) is 52.8 Å². The van der Waals surface area contributed by atoms with Gasteiger partial charge in [-0.05, 0) is 61.5 Å². The summed E-state index contributed by atoms with van der Waals surface area (Å²) in [7, 11) is 0. The van der Waals surface area contributed by atoms with E-state index in [1.165, 1.54) is 6.07 Å². The Labute approximate surface area is 195 Å². The number of aliphatic hydroxyl groups excluding tert-OH is 1. The molecule has 1 amide bonds. The smallest absolute Gasteiger partial charge is 0.296 e.